The normalized spacial score (nSPS) is 11.0. The van der Waals surface area contributed by atoms with Crippen LogP contribution in [-0.4, -0.2) is 31.9 Å². The highest BCUT2D eigenvalue weighted by atomic mass is 32.2. The summed E-state index contributed by atoms with van der Waals surface area (Å²) in [4.78, 5) is 15.7. The van der Waals surface area contributed by atoms with Crippen molar-refractivity contribution in [3.63, 3.8) is 0 Å². The monoisotopic (exact) mass is 259 g/mol. The minimum absolute atomic E-state index is 0.486. The lowest BCUT2D eigenvalue weighted by molar-refractivity contribution is 1.05. The van der Waals surface area contributed by atoms with E-state index >= 15 is 0 Å². The van der Waals surface area contributed by atoms with Gasteiger partial charge in [0.05, 0.1) is 22.6 Å². The topological polar surface area (TPSA) is 78.3 Å². The van der Waals surface area contributed by atoms with Crippen LogP contribution < -0.4 is 0 Å². The van der Waals surface area contributed by atoms with Crippen molar-refractivity contribution in [2.24, 2.45) is 0 Å². The zero-order valence-corrected chi connectivity index (χ0v) is 11.0. The number of thioether (sulfide) groups is 1. The molecular formula is C12H13N5S. The molecule has 0 radical (unpaired) electrons. The first-order chi connectivity index (χ1) is 8.69. The quantitative estimate of drug-likeness (QED) is 0.502. The Morgan fingerprint density at radius 2 is 2.22 bits per heavy atom. The molecule has 5 nitrogen and oxygen atoms in total. The Morgan fingerprint density at radius 3 is 2.94 bits per heavy atom. The molecule has 92 valence electrons. The van der Waals surface area contributed by atoms with Crippen LogP contribution in [0.2, 0.25) is 0 Å². The van der Waals surface area contributed by atoms with Gasteiger partial charge in [0.25, 0.3) is 0 Å². The maximum Gasteiger partial charge on any atom is 0.130 e. The van der Waals surface area contributed by atoms with E-state index in [1.54, 1.807) is 43.4 Å². The van der Waals surface area contributed by atoms with E-state index in [2.05, 4.69) is 19.9 Å². The van der Waals surface area contributed by atoms with E-state index in [1.165, 1.54) is 0 Å². The fourth-order valence-electron chi connectivity index (χ4n) is 1.35. The minimum Gasteiger partial charge on any atom is -0.337 e. The molecule has 2 aromatic heterocycles. The van der Waals surface area contributed by atoms with Crippen molar-refractivity contribution in [2.75, 3.05) is 6.26 Å². The number of hydrogen-bond donors (Lipinski definition) is 2. The summed E-state index contributed by atoms with van der Waals surface area (Å²) in [5.41, 5.74) is 2.14. The van der Waals surface area contributed by atoms with Crippen LogP contribution in [0.3, 0.4) is 0 Å². The van der Waals surface area contributed by atoms with Crippen LogP contribution in [-0.2, 0) is 0 Å². The Labute approximate surface area is 109 Å². The number of allylic oxidation sites excluding steroid dienone is 1. The predicted molar refractivity (Wildman–Crippen MR) is 73.8 cm³/mol. The van der Waals surface area contributed by atoms with Crippen LogP contribution in [0.25, 0.3) is 17.5 Å². The molecule has 2 N–H and O–H groups in total. The lowest BCUT2D eigenvalue weighted by atomic mass is 10.3. The molecule has 2 heterocycles. The van der Waals surface area contributed by atoms with E-state index in [1.807, 2.05) is 12.3 Å². The van der Waals surface area contributed by atoms with Crippen molar-refractivity contribution in [3.8, 4) is 11.4 Å². The Bertz CT molecular complexity index is 588. The molecule has 2 rings (SSSR count). The second-order valence-electron chi connectivity index (χ2n) is 3.64. The maximum absolute atomic E-state index is 7.32. The van der Waals surface area contributed by atoms with Gasteiger partial charge in [0.1, 0.15) is 12.2 Å². The highest BCUT2D eigenvalue weighted by Crippen LogP contribution is 2.19. The highest BCUT2D eigenvalue weighted by Gasteiger charge is 2.04. The number of aromatic nitrogens is 4. The number of hydrogen-bond acceptors (Lipinski definition) is 5. The van der Waals surface area contributed by atoms with Gasteiger partial charge in [0.2, 0.25) is 0 Å². The van der Waals surface area contributed by atoms with Crippen LogP contribution in [0, 0.1) is 5.41 Å². The second kappa shape index (κ2) is 5.59. The average Bonchev–Trinajstić information content (AvgIpc) is 2.85. The van der Waals surface area contributed by atoms with Crippen LogP contribution in [0.4, 0.5) is 0 Å². The first-order valence-electron chi connectivity index (χ1n) is 5.33. The number of aromatic amines is 1. The van der Waals surface area contributed by atoms with Crippen molar-refractivity contribution in [2.45, 2.75) is 11.9 Å². The average molecular weight is 259 g/mol. The maximum atomic E-state index is 7.32. The number of H-pyrrole nitrogens is 1. The highest BCUT2D eigenvalue weighted by molar-refractivity contribution is 7.98. The summed E-state index contributed by atoms with van der Waals surface area (Å²) in [7, 11) is 0. The molecular weight excluding hydrogens is 246 g/mol. The second-order valence-corrected chi connectivity index (χ2v) is 4.47. The third-order valence-electron chi connectivity index (χ3n) is 2.21. The van der Waals surface area contributed by atoms with Crippen LogP contribution in [0.1, 0.15) is 12.7 Å². The summed E-state index contributed by atoms with van der Waals surface area (Å²) < 4.78 is 0. The zero-order chi connectivity index (χ0) is 13.0. The summed E-state index contributed by atoms with van der Waals surface area (Å²) in [5, 5.41) is 8.23. The predicted octanol–water partition coefficient (Wildman–Crippen LogP) is 2.64. The van der Waals surface area contributed by atoms with Gasteiger partial charge in [-0.3, -0.25) is 0 Å². The molecule has 0 spiro atoms. The molecule has 0 unspecified atom stereocenters. The molecule has 0 aliphatic rings. The van der Waals surface area contributed by atoms with Gasteiger partial charge in [-0.15, -0.1) is 11.8 Å². The SMILES string of the molecule is CSc1cc(-c2cnc(/C=C\C(C)=N)[nH]2)ncn1. The van der Waals surface area contributed by atoms with E-state index in [0.717, 1.165) is 16.4 Å². The van der Waals surface area contributed by atoms with Gasteiger partial charge in [-0.25, -0.2) is 15.0 Å². The van der Waals surface area contributed by atoms with Crippen molar-refractivity contribution < 1.29 is 0 Å². The fourth-order valence-corrected chi connectivity index (χ4v) is 1.74. The Hall–Kier alpha value is -1.95. The van der Waals surface area contributed by atoms with E-state index in [-0.39, 0.29) is 0 Å². The van der Waals surface area contributed by atoms with E-state index < -0.39 is 0 Å². The van der Waals surface area contributed by atoms with Crippen molar-refractivity contribution in [1.82, 2.24) is 19.9 Å². The molecule has 18 heavy (non-hydrogen) atoms. The first kappa shape index (κ1) is 12.5. The number of rotatable bonds is 4. The van der Waals surface area contributed by atoms with Crippen LogP contribution in [0.15, 0.2) is 29.7 Å². The zero-order valence-electron chi connectivity index (χ0n) is 10.1. The van der Waals surface area contributed by atoms with Crippen molar-refractivity contribution in [3.05, 3.63) is 30.5 Å². The molecule has 2 aromatic rings. The van der Waals surface area contributed by atoms with Crippen molar-refractivity contribution >= 4 is 23.5 Å². The van der Waals surface area contributed by atoms with E-state index in [4.69, 9.17) is 5.41 Å². The van der Waals surface area contributed by atoms with Crippen LogP contribution >= 0.6 is 11.8 Å². The first-order valence-corrected chi connectivity index (χ1v) is 6.56. The van der Waals surface area contributed by atoms with Gasteiger partial charge in [-0.2, -0.15) is 0 Å². The summed E-state index contributed by atoms with van der Waals surface area (Å²) in [6.45, 7) is 1.72. The van der Waals surface area contributed by atoms with Crippen molar-refractivity contribution in [1.29, 1.82) is 5.41 Å². The summed E-state index contributed by atoms with van der Waals surface area (Å²) in [6.07, 6.45) is 8.70. The smallest absolute Gasteiger partial charge is 0.130 e. The lowest BCUT2D eigenvalue weighted by Crippen LogP contribution is -1.87. The fraction of sp³-hybridized carbons (Fsp3) is 0.167. The van der Waals surface area contributed by atoms with E-state index in [9.17, 15) is 0 Å². The molecule has 0 bridgehead atoms. The molecule has 6 heteroatoms. The summed E-state index contributed by atoms with van der Waals surface area (Å²) >= 11 is 1.57. The van der Waals surface area contributed by atoms with Gasteiger partial charge in [-0.05, 0) is 31.4 Å². The summed E-state index contributed by atoms with van der Waals surface area (Å²) in [6, 6.07) is 1.91. The van der Waals surface area contributed by atoms with Gasteiger partial charge >= 0.3 is 0 Å². The van der Waals surface area contributed by atoms with Gasteiger partial charge in [-0.1, -0.05) is 0 Å². The number of imidazole rings is 1. The van der Waals surface area contributed by atoms with Gasteiger partial charge in [0, 0.05) is 5.71 Å². The molecule has 0 atom stereocenters. The lowest BCUT2D eigenvalue weighted by Gasteiger charge is -1.98. The number of nitrogens with one attached hydrogen (secondary N) is 2. The number of nitrogens with zero attached hydrogens (tertiary/aromatic N) is 3. The summed E-state index contributed by atoms with van der Waals surface area (Å²) in [5.74, 6) is 0.709. The molecule has 0 aliphatic heterocycles. The van der Waals surface area contributed by atoms with E-state index in [0.29, 0.717) is 11.5 Å². The minimum atomic E-state index is 0.486. The van der Waals surface area contributed by atoms with Gasteiger partial charge in [0.15, 0.2) is 0 Å². The molecule has 0 saturated carbocycles. The van der Waals surface area contributed by atoms with Crippen LogP contribution in [0.5, 0.6) is 0 Å². The third-order valence-corrected chi connectivity index (χ3v) is 2.86. The third kappa shape index (κ3) is 3.04. The molecule has 0 fully saturated rings. The molecule has 0 amide bonds. The van der Waals surface area contributed by atoms with Gasteiger partial charge < -0.3 is 10.4 Å². The Kier molecular flexibility index (Phi) is 3.88. The molecule has 0 aromatic carbocycles. The largest absolute Gasteiger partial charge is 0.337 e. The Morgan fingerprint density at radius 1 is 1.39 bits per heavy atom. The molecule has 0 saturated heterocycles. The molecule has 0 aliphatic carbocycles. The Balaban J connectivity index is 2.26. The standard InChI is InChI=1S/C12H13N5S/c1-8(13)3-4-11-14-6-10(17-11)9-5-12(18-2)16-7-15-9/h3-7,13H,1-2H3,(H,14,17)/b4-3-,13-8?.